The molecule has 0 spiro atoms. The zero-order valence-electron chi connectivity index (χ0n) is 13.6. The molecule has 0 aliphatic heterocycles. The van der Waals surface area contributed by atoms with E-state index in [-0.39, 0.29) is 28.8 Å². The van der Waals surface area contributed by atoms with Crippen molar-refractivity contribution in [3.05, 3.63) is 54.3 Å². The maximum Gasteiger partial charge on any atom is 0.282 e. The van der Waals surface area contributed by atoms with Gasteiger partial charge in [-0.15, -0.1) is 5.10 Å². The molecule has 2 heterocycles. The molecule has 2 aromatic heterocycles. The van der Waals surface area contributed by atoms with Gasteiger partial charge in [-0.2, -0.15) is 9.67 Å². The van der Waals surface area contributed by atoms with Crippen LogP contribution in [0.1, 0.15) is 0 Å². The summed E-state index contributed by atoms with van der Waals surface area (Å²) in [6.07, 6.45) is 0. The van der Waals surface area contributed by atoms with Gasteiger partial charge in [-0.3, -0.25) is 0 Å². The summed E-state index contributed by atoms with van der Waals surface area (Å²) in [5.41, 5.74) is 7.18. The van der Waals surface area contributed by atoms with Crippen molar-refractivity contribution in [2.45, 2.75) is 0 Å². The zero-order valence-corrected chi connectivity index (χ0v) is 13.6. The van der Waals surface area contributed by atoms with Gasteiger partial charge < -0.3 is 15.0 Å². The van der Waals surface area contributed by atoms with Crippen LogP contribution in [0.15, 0.2) is 53.1 Å². The van der Waals surface area contributed by atoms with Gasteiger partial charge in [0, 0.05) is 0 Å². The Balaban J connectivity index is 1.75. The number of nitrogens with two attached hydrogens (primary N) is 1. The van der Waals surface area contributed by atoms with Gasteiger partial charge >= 0.3 is 0 Å². The summed E-state index contributed by atoms with van der Waals surface area (Å²) in [6, 6.07) is 13.3. The molecule has 9 heteroatoms. The molecule has 130 valence electrons. The van der Waals surface area contributed by atoms with Gasteiger partial charge in [0.15, 0.2) is 11.5 Å². The Morgan fingerprint density at radius 2 is 1.88 bits per heavy atom. The fourth-order valence-electron chi connectivity index (χ4n) is 2.50. The second-order valence-corrected chi connectivity index (χ2v) is 5.31. The van der Waals surface area contributed by atoms with Crippen LogP contribution in [0, 0.1) is 5.82 Å². The molecule has 0 fully saturated rings. The molecule has 0 amide bonds. The second-order valence-electron chi connectivity index (χ2n) is 5.31. The molecule has 26 heavy (non-hydrogen) atoms. The highest BCUT2D eigenvalue weighted by molar-refractivity contribution is 5.67. The van der Waals surface area contributed by atoms with E-state index in [2.05, 4.69) is 20.5 Å². The molecule has 0 unspecified atom stereocenters. The number of nitrogens with zero attached hydrogens (tertiary/aromatic N) is 5. The smallest absolute Gasteiger partial charge is 0.282 e. The fraction of sp³-hybridized carbons (Fsp3) is 0.0588. The van der Waals surface area contributed by atoms with Gasteiger partial charge in [0.2, 0.25) is 5.82 Å². The molecule has 0 aliphatic carbocycles. The molecule has 2 aromatic carbocycles. The van der Waals surface area contributed by atoms with E-state index in [1.807, 2.05) is 12.1 Å². The van der Waals surface area contributed by atoms with E-state index in [0.29, 0.717) is 11.4 Å². The fourth-order valence-corrected chi connectivity index (χ4v) is 2.50. The van der Waals surface area contributed by atoms with Gasteiger partial charge in [-0.05, 0) is 24.3 Å². The Kier molecular flexibility index (Phi) is 3.81. The van der Waals surface area contributed by atoms with Gasteiger partial charge in [-0.25, -0.2) is 4.39 Å². The summed E-state index contributed by atoms with van der Waals surface area (Å²) < 4.78 is 25.8. The molecule has 4 rings (SSSR count). The minimum absolute atomic E-state index is 0.0434. The highest BCUT2D eigenvalue weighted by Gasteiger charge is 2.21. The van der Waals surface area contributed by atoms with Crippen LogP contribution in [0.5, 0.6) is 5.75 Å². The lowest BCUT2D eigenvalue weighted by molar-refractivity contribution is 0.411. The number of rotatable bonds is 4. The van der Waals surface area contributed by atoms with Crippen LogP contribution in [0.3, 0.4) is 0 Å². The summed E-state index contributed by atoms with van der Waals surface area (Å²) >= 11 is 0. The first-order chi connectivity index (χ1) is 12.7. The second kappa shape index (κ2) is 6.28. The van der Waals surface area contributed by atoms with Crippen molar-refractivity contribution >= 4 is 5.82 Å². The number of hydrogen-bond donors (Lipinski definition) is 1. The van der Waals surface area contributed by atoms with E-state index in [0.717, 1.165) is 0 Å². The van der Waals surface area contributed by atoms with E-state index in [1.165, 1.54) is 10.7 Å². The van der Waals surface area contributed by atoms with Crippen molar-refractivity contribution in [2.75, 3.05) is 12.8 Å². The number of para-hydroxylation sites is 2. The van der Waals surface area contributed by atoms with Crippen LogP contribution in [0.2, 0.25) is 0 Å². The van der Waals surface area contributed by atoms with E-state index in [4.69, 9.17) is 15.0 Å². The highest BCUT2D eigenvalue weighted by Crippen LogP contribution is 2.29. The summed E-state index contributed by atoms with van der Waals surface area (Å²) in [5, 5.41) is 11.8. The van der Waals surface area contributed by atoms with E-state index in [1.54, 1.807) is 37.4 Å². The molecule has 0 bridgehead atoms. The van der Waals surface area contributed by atoms with Crippen molar-refractivity contribution in [2.24, 2.45) is 0 Å². The normalized spacial score (nSPS) is 10.8. The number of benzene rings is 2. The van der Waals surface area contributed by atoms with Crippen LogP contribution < -0.4 is 10.5 Å². The third-order valence-corrected chi connectivity index (χ3v) is 3.76. The molecule has 0 radical (unpaired) electrons. The first-order valence-electron chi connectivity index (χ1n) is 7.62. The average molecular weight is 352 g/mol. The first kappa shape index (κ1) is 15.8. The minimum atomic E-state index is -0.453. The van der Waals surface area contributed by atoms with Gasteiger partial charge in [0.25, 0.3) is 5.89 Å². The van der Waals surface area contributed by atoms with Crippen molar-refractivity contribution < 1.29 is 13.7 Å². The largest absolute Gasteiger partial charge is 0.494 e. The van der Waals surface area contributed by atoms with Crippen LogP contribution >= 0.6 is 0 Å². The zero-order chi connectivity index (χ0) is 18.1. The molecule has 0 atom stereocenters. The molecule has 2 N–H and O–H groups in total. The summed E-state index contributed by atoms with van der Waals surface area (Å²) in [6.45, 7) is 0. The van der Waals surface area contributed by atoms with Gasteiger partial charge in [0.05, 0.1) is 12.7 Å². The molecule has 4 aromatic rings. The predicted octanol–water partition coefficient (Wildman–Crippen LogP) is 2.71. The number of halogens is 1. The topological polar surface area (TPSA) is 105 Å². The van der Waals surface area contributed by atoms with Crippen molar-refractivity contribution in [1.82, 2.24) is 25.1 Å². The van der Waals surface area contributed by atoms with E-state index in [9.17, 15) is 4.39 Å². The van der Waals surface area contributed by atoms with Crippen molar-refractivity contribution in [3.63, 3.8) is 0 Å². The monoisotopic (exact) mass is 352 g/mol. The maximum atomic E-state index is 13.9. The molecule has 0 aliphatic rings. The summed E-state index contributed by atoms with van der Waals surface area (Å²) in [5.74, 6) is 0.461. The Morgan fingerprint density at radius 1 is 1.12 bits per heavy atom. The van der Waals surface area contributed by atoms with Crippen LogP contribution in [-0.2, 0) is 0 Å². The molecule has 8 nitrogen and oxygen atoms in total. The van der Waals surface area contributed by atoms with Crippen LogP contribution in [0.4, 0.5) is 10.2 Å². The lowest BCUT2D eigenvalue weighted by atomic mass is 10.2. The lowest BCUT2D eigenvalue weighted by Crippen LogP contribution is -2.04. The Hall–Kier alpha value is -3.75. The Labute approximate surface area is 147 Å². The predicted molar refractivity (Wildman–Crippen MR) is 91.0 cm³/mol. The molecule has 0 saturated heterocycles. The number of anilines is 1. The average Bonchev–Trinajstić information content (AvgIpc) is 3.29. The SMILES string of the molecule is COc1ccccc1-n1nnc(-c2nc(-c3ccccc3F)no2)c1N. The Bertz CT molecular complexity index is 1070. The quantitative estimate of drug-likeness (QED) is 0.602. The molecule has 0 saturated carbocycles. The van der Waals surface area contributed by atoms with Crippen LogP contribution in [0.25, 0.3) is 28.7 Å². The number of ether oxygens (including phenoxy) is 1. The number of hydrogen-bond acceptors (Lipinski definition) is 7. The van der Waals surface area contributed by atoms with Crippen LogP contribution in [-0.4, -0.2) is 32.2 Å². The van der Waals surface area contributed by atoms with E-state index >= 15 is 0 Å². The third-order valence-electron chi connectivity index (χ3n) is 3.76. The standard InChI is InChI=1S/C17H13FN6O2/c1-25-13-9-5-4-8-12(13)24-15(19)14(21-23-24)17-20-16(22-26-17)10-6-2-3-7-11(10)18/h2-9H,19H2,1H3. The first-order valence-corrected chi connectivity index (χ1v) is 7.62. The molecular formula is C17H13FN6O2. The maximum absolute atomic E-state index is 13.9. The number of methoxy groups -OCH3 is 1. The van der Waals surface area contributed by atoms with Gasteiger partial charge in [-0.1, -0.05) is 34.6 Å². The third kappa shape index (κ3) is 2.55. The summed E-state index contributed by atoms with van der Waals surface area (Å²) in [7, 11) is 1.55. The lowest BCUT2D eigenvalue weighted by Gasteiger charge is -2.08. The number of aromatic nitrogens is 5. The summed E-state index contributed by atoms with van der Waals surface area (Å²) in [4.78, 5) is 4.18. The highest BCUT2D eigenvalue weighted by atomic mass is 19.1. The molecular weight excluding hydrogens is 339 g/mol. The van der Waals surface area contributed by atoms with Gasteiger partial charge in [0.1, 0.15) is 17.3 Å². The van der Waals surface area contributed by atoms with Crippen molar-refractivity contribution in [3.8, 4) is 34.4 Å². The Morgan fingerprint density at radius 3 is 2.69 bits per heavy atom. The minimum Gasteiger partial charge on any atom is -0.494 e. The van der Waals surface area contributed by atoms with Crippen molar-refractivity contribution in [1.29, 1.82) is 0 Å². The van der Waals surface area contributed by atoms with E-state index < -0.39 is 5.82 Å². The number of nitrogen functional groups attached to an aromatic ring is 1.